The molecule has 1 heterocycles. The van der Waals surface area contributed by atoms with Gasteiger partial charge in [0.25, 0.3) is 11.8 Å². The summed E-state index contributed by atoms with van der Waals surface area (Å²) in [5.41, 5.74) is -0.438. The number of anilines is 1. The van der Waals surface area contributed by atoms with Gasteiger partial charge in [0.05, 0.1) is 0 Å². The van der Waals surface area contributed by atoms with Gasteiger partial charge in [0.2, 0.25) is 0 Å². The smallest absolute Gasteiger partial charge is 0.326 e. The fourth-order valence-electron chi connectivity index (χ4n) is 4.39. The largest absolute Gasteiger partial charge is 0.457 e. The minimum Gasteiger partial charge on any atom is -0.457 e. The molecule has 2 fully saturated rings. The molecule has 1 aliphatic heterocycles. The molecule has 0 radical (unpaired) electrons. The number of urea groups is 1. The lowest BCUT2D eigenvalue weighted by Gasteiger charge is -2.36. The van der Waals surface area contributed by atoms with Crippen molar-refractivity contribution in [2.24, 2.45) is 5.92 Å². The van der Waals surface area contributed by atoms with Gasteiger partial charge >= 0.3 is 12.0 Å². The van der Waals surface area contributed by atoms with Gasteiger partial charge in [-0.2, -0.15) is 0 Å². The predicted octanol–water partition coefficient (Wildman–Crippen LogP) is 3.46. The Bertz CT molecular complexity index is 1070. The lowest BCUT2D eigenvalue weighted by molar-refractivity contribution is -0.150. The number of nitrogens with zero attached hydrogens (tertiary/aromatic N) is 1. The van der Waals surface area contributed by atoms with Crippen molar-refractivity contribution in [2.75, 3.05) is 18.5 Å². The maximum atomic E-state index is 12.9. The van der Waals surface area contributed by atoms with E-state index >= 15 is 0 Å². The third-order valence-corrected chi connectivity index (χ3v) is 6.27. The highest BCUT2D eigenvalue weighted by atomic mass is 16.5. The summed E-state index contributed by atoms with van der Waals surface area (Å²) in [5, 5.41) is 5.40. The summed E-state index contributed by atoms with van der Waals surface area (Å²) in [4.78, 5) is 50.5. The lowest BCUT2D eigenvalue weighted by Crippen LogP contribution is -2.54. The first-order chi connectivity index (χ1) is 16.4. The number of esters is 1. The van der Waals surface area contributed by atoms with Gasteiger partial charge < -0.3 is 20.1 Å². The zero-order valence-electron chi connectivity index (χ0n) is 18.9. The summed E-state index contributed by atoms with van der Waals surface area (Å²) in [6.45, 7) is 0.869. The molecule has 9 heteroatoms. The van der Waals surface area contributed by atoms with E-state index in [1.807, 2.05) is 37.3 Å². The summed E-state index contributed by atoms with van der Waals surface area (Å²) >= 11 is 0. The van der Waals surface area contributed by atoms with Crippen molar-refractivity contribution in [3.63, 3.8) is 0 Å². The van der Waals surface area contributed by atoms with Gasteiger partial charge in [-0.3, -0.25) is 19.3 Å². The number of nitrogens with one attached hydrogen (secondary N) is 2. The molecule has 2 atom stereocenters. The first kappa shape index (κ1) is 23.3. The van der Waals surface area contributed by atoms with E-state index in [0.29, 0.717) is 23.6 Å². The van der Waals surface area contributed by atoms with Gasteiger partial charge in [-0.1, -0.05) is 38.0 Å². The summed E-state index contributed by atoms with van der Waals surface area (Å²) in [6, 6.07) is 15.4. The molecule has 1 saturated heterocycles. The van der Waals surface area contributed by atoms with Crippen LogP contribution in [0.15, 0.2) is 54.6 Å². The molecular formula is C25H27N3O6. The van der Waals surface area contributed by atoms with Gasteiger partial charge in [0.15, 0.2) is 6.61 Å². The van der Waals surface area contributed by atoms with Gasteiger partial charge in [0, 0.05) is 5.69 Å². The molecule has 4 rings (SSSR count). The minimum absolute atomic E-state index is 0.00557. The normalized spacial score (nSPS) is 21.8. The third kappa shape index (κ3) is 5.03. The molecular weight excluding hydrogens is 438 g/mol. The molecule has 1 saturated carbocycles. The average molecular weight is 466 g/mol. The van der Waals surface area contributed by atoms with Crippen LogP contribution in [0.2, 0.25) is 0 Å². The Hall–Kier alpha value is -3.88. The maximum Gasteiger partial charge on any atom is 0.326 e. The quantitative estimate of drug-likeness (QED) is 0.478. The number of amides is 4. The Kier molecular flexibility index (Phi) is 6.81. The number of benzene rings is 2. The summed E-state index contributed by atoms with van der Waals surface area (Å²) < 4.78 is 10.7. The number of hydrogen-bond acceptors (Lipinski definition) is 6. The molecule has 34 heavy (non-hydrogen) atoms. The molecule has 9 nitrogen and oxygen atoms in total. The van der Waals surface area contributed by atoms with E-state index in [0.717, 1.165) is 24.2 Å². The van der Waals surface area contributed by atoms with Crippen LogP contribution >= 0.6 is 0 Å². The van der Waals surface area contributed by atoms with Crippen LogP contribution in [0.4, 0.5) is 10.5 Å². The summed E-state index contributed by atoms with van der Waals surface area (Å²) in [7, 11) is 0. The second-order valence-electron chi connectivity index (χ2n) is 8.59. The van der Waals surface area contributed by atoms with Crippen LogP contribution in [0.25, 0.3) is 0 Å². The molecule has 1 spiro atoms. The Morgan fingerprint density at radius 3 is 2.47 bits per heavy atom. The van der Waals surface area contributed by atoms with Crippen molar-refractivity contribution in [2.45, 2.75) is 38.1 Å². The molecule has 178 valence electrons. The van der Waals surface area contributed by atoms with E-state index in [4.69, 9.17) is 9.47 Å². The van der Waals surface area contributed by atoms with E-state index in [-0.39, 0.29) is 5.92 Å². The van der Waals surface area contributed by atoms with Crippen LogP contribution < -0.4 is 15.4 Å². The second kappa shape index (κ2) is 9.94. The number of imide groups is 1. The van der Waals surface area contributed by atoms with E-state index in [1.54, 1.807) is 24.3 Å². The van der Waals surface area contributed by atoms with Crippen LogP contribution in [0.1, 0.15) is 32.6 Å². The van der Waals surface area contributed by atoms with Crippen LogP contribution in [0.5, 0.6) is 11.5 Å². The maximum absolute atomic E-state index is 12.9. The SMILES string of the molecule is CC1CCCCC12NC(=O)N(CC(=O)OCC(=O)Nc1ccc(Oc3ccccc3)cc1)C2=O. The number of hydrogen-bond donors (Lipinski definition) is 2. The Balaban J connectivity index is 1.24. The molecule has 2 N–H and O–H groups in total. The molecule has 2 aliphatic rings. The van der Waals surface area contributed by atoms with Crippen LogP contribution in [-0.4, -0.2) is 47.4 Å². The highest BCUT2D eigenvalue weighted by molar-refractivity contribution is 6.09. The van der Waals surface area contributed by atoms with Crippen molar-refractivity contribution in [3.8, 4) is 11.5 Å². The topological polar surface area (TPSA) is 114 Å². The zero-order chi connectivity index (χ0) is 24.1. The van der Waals surface area contributed by atoms with Crippen LogP contribution in [0, 0.1) is 5.92 Å². The highest BCUT2D eigenvalue weighted by Gasteiger charge is 2.55. The third-order valence-electron chi connectivity index (χ3n) is 6.27. The Morgan fingerprint density at radius 2 is 1.76 bits per heavy atom. The van der Waals surface area contributed by atoms with Crippen molar-refractivity contribution < 1.29 is 28.7 Å². The van der Waals surface area contributed by atoms with Crippen molar-refractivity contribution in [3.05, 3.63) is 54.6 Å². The Labute approximate surface area is 197 Å². The molecule has 2 aromatic rings. The molecule has 4 amide bonds. The van der Waals surface area contributed by atoms with E-state index < -0.39 is 42.5 Å². The lowest BCUT2D eigenvalue weighted by atomic mass is 9.73. The molecule has 2 unspecified atom stereocenters. The van der Waals surface area contributed by atoms with Crippen LogP contribution in [0.3, 0.4) is 0 Å². The number of carbonyl (C=O) groups is 4. The Morgan fingerprint density at radius 1 is 1.06 bits per heavy atom. The molecule has 0 aromatic heterocycles. The number of rotatable bonds is 7. The van der Waals surface area contributed by atoms with E-state index in [9.17, 15) is 19.2 Å². The summed E-state index contributed by atoms with van der Waals surface area (Å²) in [5.74, 6) is -0.474. The number of carbonyl (C=O) groups excluding carboxylic acids is 4. The van der Waals surface area contributed by atoms with Gasteiger partial charge in [-0.25, -0.2) is 4.79 Å². The van der Waals surface area contributed by atoms with Gasteiger partial charge in [-0.15, -0.1) is 0 Å². The molecule has 0 bridgehead atoms. The van der Waals surface area contributed by atoms with Gasteiger partial charge in [0.1, 0.15) is 23.6 Å². The van der Waals surface area contributed by atoms with Crippen LogP contribution in [-0.2, 0) is 19.1 Å². The van der Waals surface area contributed by atoms with Crippen molar-refractivity contribution in [1.29, 1.82) is 0 Å². The average Bonchev–Trinajstić information content (AvgIpc) is 3.06. The van der Waals surface area contributed by atoms with E-state index in [2.05, 4.69) is 10.6 Å². The highest BCUT2D eigenvalue weighted by Crippen LogP contribution is 2.38. The summed E-state index contributed by atoms with van der Waals surface area (Å²) in [6.07, 6.45) is 3.24. The number of para-hydroxylation sites is 1. The standard InChI is InChI=1S/C25H27N3O6/c1-17-7-5-6-14-25(17)23(31)28(24(32)27-25)15-22(30)33-16-21(29)26-18-10-12-20(13-11-18)34-19-8-3-2-4-9-19/h2-4,8-13,17H,5-7,14-16H2,1H3,(H,26,29)(H,27,32). The fourth-order valence-corrected chi connectivity index (χ4v) is 4.39. The molecule has 1 aliphatic carbocycles. The second-order valence-corrected chi connectivity index (χ2v) is 8.59. The predicted molar refractivity (Wildman–Crippen MR) is 123 cm³/mol. The molecule has 2 aromatic carbocycles. The first-order valence-electron chi connectivity index (χ1n) is 11.3. The number of ether oxygens (including phenoxy) is 2. The minimum atomic E-state index is -0.941. The first-order valence-corrected chi connectivity index (χ1v) is 11.3. The van der Waals surface area contributed by atoms with Crippen molar-refractivity contribution >= 4 is 29.5 Å². The van der Waals surface area contributed by atoms with Crippen molar-refractivity contribution in [1.82, 2.24) is 10.2 Å². The fraction of sp³-hybridized carbons (Fsp3) is 0.360. The van der Waals surface area contributed by atoms with E-state index in [1.165, 1.54) is 0 Å². The zero-order valence-corrected chi connectivity index (χ0v) is 18.9. The monoisotopic (exact) mass is 465 g/mol. The van der Waals surface area contributed by atoms with Gasteiger partial charge in [-0.05, 0) is 55.2 Å².